The number of benzene rings is 4. The largest absolute Gasteiger partial charge is 0.344 e. The summed E-state index contributed by atoms with van der Waals surface area (Å²) in [6.45, 7) is 14.7. The zero-order chi connectivity index (χ0) is 37.8. The molecule has 6 rings (SSSR count). The molecule has 4 aromatic carbocycles. The summed E-state index contributed by atoms with van der Waals surface area (Å²) in [5.41, 5.74) is 6.68. The van der Waals surface area contributed by atoms with Gasteiger partial charge in [0.15, 0.2) is 12.3 Å². The van der Waals surface area contributed by atoms with E-state index in [2.05, 4.69) is 110 Å². The minimum absolute atomic E-state index is 0.260. The van der Waals surface area contributed by atoms with Gasteiger partial charge in [-0.05, 0) is 86.4 Å². The fourth-order valence-electron chi connectivity index (χ4n) is 7.95. The first kappa shape index (κ1) is 37.7. The Balaban J connectivity index is 1.40. The smallest absolute Gasteiger partial charge is 0.267 e. The van der Waals surface area contributed by atoms with E-state index in [-0.39, 0.29) is 12.8 Å². The molecule has 0 fully saturated rings. The number of hydrogen-bond acceptors (Lipinski definition) is 5. The molecular formula is C42H49N2O6S2+. The number of fused-ring (bicyclic) bond motifs is 6. The van der Waals surface area contributed by atoms with Crippen molar-refractivity contribution in [1.29, 1.82) is 0 Å². The second-order valence-corrected chi connectivity index (χ2v) is 19.0. The van der Waals surface area contributed by atoms with E-state index in [1.807, 2.05) is 31.2 Å². The molecule has 4 aromatic rings. The highest BCUT2D eigenvalue weighted by Gasteiger charge is 2.46. The van der Waals surface area contributed by atoms with Gasteiger partial charge in [-0.2, -0.15) is 21.4 Å². The first-order valence-electron chi connectivity index (χ1n) is 17.8. The molecule has 10 heteroatoms. The Morgan fingerprint density at radius 2 is 1.33 bits per heavy atom. The van der Waals surface area contributed by atoms with Gasteiger partial charge in [-0.3, -0.25) is 9.11 Å². The quantitative estimate of drug-likeness (QED) is 0.0897. The second kappa shape index (κ2) is 13.7. The molecule has 274 valence electrons. The van der Waals surface area contributed by atoms with E-state index in [1.54, 1.807) is 0 Å². The van der Waals surface area contributed by atoms with Crippen LogP contribution in [0.5, 0.6) is 0 Å². The van der Waals surface area contributed by atoms with Crippen molar-refractivity contribution in [3.63, 3.8) is 0 Å². The maximum atomic E-state index is 11.9. The zero-order valence-corrected chi connectivity index (χ0v) is 32.6. The standard InChI is InChI=1S/C42H48N2O6S2/c1-28(16-22-37-41(4,5)39-33-14-10-8-12-31(33)18-20-35(39)43(37)26-24-29(2)51(45,46)47)17-23-38-42(6,7)40-34-15-11-9-13-32(34)19-21-36(40)44(38)27-25-30(3)52(48,49)50/h8-23,29-30H,24-27H2,1-7H3,(H-,45,46,47,48,49,50)/p+1. The van der Waals surface area contributed by atoms with Crippen LogP contribution in [0.15, 0.2) is 108 Å². The van der Waals surface area contributed by atoms with Gasteiger partial charge in [0.2, 0.25) is 5.69 Å². The van der Waals surface area contributed by atoms with Gasteiger partial charge >= 0.3 is 0 Å². The van der Waals surface area contributed by atoms with Crippen LogP contribution in [0.2, 0.25) is 0 Å². The predicted octanol–water partition coefficient (Wildman–Crippen LogP) is 8.89. The summed E-state index contributed by atoms with van der Waals surface area (Å²) in [5.74, 6) is 0. The Morgan fingerprint density at radius 3 is 1.94 bits per heavy atom. The highest BCUT2D eigenvalue weighted by molar-refractivity contribution is 7.86. The van der Waals surface area contributed by atoms with Crippen LogP contribution in [0, 0.1) is 0 Å². The first-order valence-corrected chi connectivity index (χ1v) is 20.8. The summed E-state index contributed by atoms with van der Waals surface area (Å²) >= 11 is 0. The van der Waals surface area contributed by atoms with E-state index in [9.17, 15) is 25.9 Å². The summed E-state index contributed by atoms with van der Waals surface area (Å²) in [6.07, 6.45) is 8.91. The third-order valence-corrected chi connectivity index (χ3v) is 13.6. The number of nitrogens with zero attached hydrogens (tertiary/aromatic N) is 2. The second-order valence-electron chi connectivity index (χ2n) is 15.3. The van der Waals surface area contributed by atoms with Crippen LogP contribution < -0.4 is 4.90 Å². The Morgan fingerprint density at radius 1 is 0.769 bits per heavy atom. The van der Waals surface area contributed by atoms with Gasteiger partial charge < -0.3 is 4.90 Å². The van der Waals surface area contributed by atoms with E-state index in [1.165, 1.54) is 25.0 Å². The summed E-state index contributed by atoms with van der Waals surface area (Å²) < 4.78 is 69.4. The van der Waals surface area contributed by atoms with Gasteiger partial charge in [0.05, 0.1) is 15.9 Å². The Kier molecular flexibility index (Phi) is 9.93. The van der Waals surface area contributed by atoms with Gasteiger partial charge in [0, 0.05) is 47.5 Å². The summed E-state index contributed by atoms with van der Waals surface area (Å²) in [4.78, 5) is 2.19. The third kappa shape index (κ3) is 6.89. The number of hydrogen-bond donors (Lipinski definition) is 2. The molecule has 0 saturated carbocycles. The van der Waals surface area contributed by atoms with Crippen LogP contribution >= 0.6 is 0 Å². The van der Waals surface area contributed by atoms with E-state index in [4.69, 9.17) is 0 Å². The molecule has 0 radical (unpaired) electrons. The molecule has 2 atom stereocenters. The molecule has 2 heterocycles. The van der Waals surface area contributed by atoms with E-state index < -0.39 is 41.6 Å². The minimum Gasteiger partial charge on any atom is -0.344 e. The van der Waals surface area contributed by atoms with E-state index in [0.29, 0.717) is 13.1 Å². The molecule has 8 nitrogen and oxygen atoms in total. The molecule has 2 aliphatic heterocycles. The van der Waals surface area contributed by atoms with Crippen molar-refractivity contribution in [2.24, 2.45) is 0 Å². The molecule has 0 spiro atoms. The fraction of sp³-hybridized carbons (Fsp3) is 0.357. The lowest BCUT2D eigenvalue weighted by molar-refractivity contribution is -0.438. The van der Waals surface area contributed by atoms with Crippen molar-refractivity contribution < 1.29 is 30.5 Å². The lowest BCUT2D eigenvalue weighted by atomic mass is 9.79. The van der Waals surface area contributed by atoms with Crippen LogP contribution in [-0.4, -0.2) is 59.8 Å². The highest BCUT2D eigenvalue weighted by atomic mass is 32.2. The Labute approximate surface area is 308 Å². The molecular weight excluding hydrogens is 693 g/mol. The number of allylic oxidation sites excluding steroid dienone is 6. The SMILES string of the molecule is CC(C=CC1=[N+](CCC(C)S(=O)(=O)O)c2ccc3ccccc3c2C1(C)C)=CC=C1N(CCC(C)S(=O)(=O)O)c2ccc3ccccc3c2C1(C)C. The molecule has 2 aliphatic rings. The van der Waals surface area contributed by atoms with Crippen molar-refractivity contribution in [1.82, 2.24) is 0 Å². The summed E-state index contributed by atoms with van der Waals surface area (Å²) in [7, 11) is -8.34. The molecule has 0 amide bonds. The lowest BCUT2D eigenvalue weighted by Crippen LogP contribution is -2.30. The van der Waals surface area contributed by atoms with Crippen molar-refractivity contribution >= 4 is 58.9 Å². The molecule has 0 aliphatic carbocycles. The number of anilines is 1. The van der Waals surface area contributed by atoms with Gasteiger partial charge in [-0.1, -0.05) is 86.2 Å². The minimum atomic E-state index is -4.17. The molecule has 2 unspecified atom stereocenters. The molecule has 0 aromatic heterocycles. The summed E-state index contributed by atoms with van der Waals surface area (Å²) in [6, 6.07) is 25.0. The molecule has 0 saturated heterocycles. The van der Waals surface area contributed by atoms with E-state index in [0.717, 1.165) is 49.9 Å². The van der Waals surface area contributed by atoms with Gasteiger partial charge in [0.25, 0.3) is 20.2 Å². The van der Waals surface area contributed by atoms with Crippen LogP contribution in [-0.2, 0) is 31.1 Å². The number of rotatable bonds is 11. The van der Waals surface area contributed by atoms with Crippen LogP contribution in [0.4, 0.5) is 11.4 Å². The predicted molar refractivity (Wildman–Crippen MR) is 213 cm³/mol. The van der Waals surface area contributed by atoms with Gasteiger partial charge in [-0.25, -0.2) is 0 Å². The maximum absolute atomic E-state index is 11.9. The van der Waals surface area contributed by atoms with Crippen molar-refractivity contribution in [3.8, 4) is 0 Å². The first-order chi connectivity index (χ1) is 24.3. The van der Waals surface area contributed by atoms with Crippen molar-refractivity contribution in [2.45, 2.75) is 82.6 Å². The molecule has 52 heavy (non-hydrogen) atoms. The third-order valence-electron chi connectivity index (χ3n) is 11.1. The fourth-order valence-corrected chi connectivity index (χ4v) is 8.76. The molecule has 2 N–H and O–H groups in total. The van der Waals surface area contributed by atoms with Crippen LogP contribution in [0.25, 0.3) is 21.5 Å². The monoisotopic (exact) mass is 741 g/mol. The van der Waals surface area contributed by atoms with Crippen molar-refractivity contribution in [2.75, 3.05) is 18.0 Å². The topological polar surface area (TPSA) is 115 Å². The maximum Gasteiger partial charge on any atom is 0.267 e. The van der Waals surface area contributed by atoms with Gasteiger partial charge in [-0.15, -0.1) is 0 Å². The molecule has 0 bridgehead atoms. The van der Waals surface area contributed by atoms with Crippen LogP contribution in [0.3, 0.4) is 0 Å². The average Bonchev–Trinajstić information content (AvgIpc) is 3.44. The Hall–Kier alpha value is -4.09. The highest BCUT2D eigenvalue weighted by Crippen LogP contribution is 2.51. The zero-order valence-electron chi connectivity index (χ0n) is 31.0. The lowest BCUT2D eigenvalue weighted by Gasteiger charge is -2.27. The normalized spacial score (nSPS) is 19.2. The van der Waals surface area contributed by atoms with E-state index >= 15 is 0 Å². The average molecular weight is 742 g/mol. The van der Waals surface area contributed by atoms with Crippen LogP contribution in [0.1, 0.15) is 72.4 Å². The van der Waals surface area contributed by atoms with Gasteiger partial charge in [0.1, 0.15) is 0 Å². The summed E-state index contributed by atoms with van der Waals surface area (Å²) in [5, 5.41) is 2.76. The Bertz CT molecular complexity index is 2420. The van der Waals surface area contributed by atoms with Crippen molar-refractivity contribution in [3.05, 3.63) is 119 Å².